The molecule has 0 aliphatic rings. The van der Waals surface area contributed by atoms with Crippen LogP contribution in [0.4, 0.5) is 0 Å². The summed E-state index contributed by atoms with van der Waals surface area (Å²) in [6, 6.07) is 10.0. The lowest BCUT2D eigenvalue weighted by Gasteiger charge is -2.22. The number of nitrogens with zero attached hydrogens (tertiary/aromatic N) is 1. The molecule has 0 spiro atoms. The monoisotopic (exact) mass is 288 g/mol. The molecule has 20 heavy (non-hydrogen) atoms. The minimum atomic E-state index is -0.0961. The van der Waals surface area contributed by atoms with Crippen LogP contribution >= 0.6 is 11.3 Å². The van der Waals surface area contributed by atoms with Crippen molar-refractivity contribution in [1.29, 1.82) is 0 Å². The van der Waals surface area contributed by atoms with Gasteiger partial charge in [0.2, 0.25) is 5.91 Å². The fourth-order valence-electron chi connectivity index (χ4n) is 2.25. The molecule has 1 N–H and O–H groups in total. The topological polar surface area (TPSA) is 42.0 Å². The number of carbonyl (C=O) groups is 1. The molecule has 2 aromatic rings. The van der Waals surface area contributed by atoms with Gasteiger partial charge in [0, 0.05) is 11.6 Å². The molecule has 0 saturated heterocycles. The maximum absolute atomic E-state index is 12.5. The van der Waals surface area contributed by atoms with Crippen molar-refractivity contribution >= 4 is 17.2 Å². The number of carbonyl (C=O) groups excluding carboxylic acids is 1. The summed E-state index contributed by atoms with van der Waals surface area (Å²) in [7, 11) is 0. The van der Waals surface area contributed by atoms with Gasteiger partial charge >= 0.3 is 0 Å². The first-order valence-corrected chi connectivity index (χ1v) is 7.81. The Kier molecular flexibility index (Phi) is 5.30. The Morgan fingerprint density at radius 3 is 2.70 bits per heavy atom. The highest BCUT2D eigenvalue weighted by atomic mass is 32.1. The molecule has 106 valence electrons. The quantitative estimate of drug-likeness (QED) is 0.882. The molecule has 0 radical (unpaired) electrons. The summed E-state index contributed by atoms with van der Waals surface area (Å²) >= 11 is 1.56. The van der Waals surface area contributed by atoms with Crippen molar-refractivity contribution in [3.05, 3.63) is 52.5 Å². The lowest BCUT2D eigenvalue weighted by Crippen LogP contribution is -2.32. The van der Waals surface area contributed by atoms with Crippen molar-refractivity contribution in [2.45, 2.75) is 32.7 Å². The van der Waals surface area contributed by atoms with E-state index < -0.39 is 0 Å². The van der Waals surface area contributed by atoms with Crippen LogP contribution in [0, 0.1) is 5.92 Å². The largest absolute Gasteiger partial charge is 0.349 e. The Labute approximate surface area is 124 Å². The molecule has 0 aliphatic carbocycles. The van der Waals surface area contributed by atoms with E-state index in [0.717, 1.165) is 17.0 Å². The van der Waals surface area contributed by atoms with E-state index in [4.69, 9.17) is 0 Å². The minimum absolute atomic E-state index is 0.0840. The standard InChI is InChI=1S/C16H20N2OS/c1-3-12(2)15(13-7-5-4-6-8-13)16(19)18-11-14-17-9-10-20-14/h4-10,12,15H,3,11H2,1-2H3,(H,18,19)/t12-,15-/m0/s1. The van der Waals surface area contributed by atoms with Crippen LogP contribution in [0.15, 0.2) is 41.9 Å². The Hall–Kier alpha value is -1.68. The molecule has 1 aromatic carbocycles. The van der Waals surface area contributed by atoms with Crippen LogP contribution < -0.4 is 5.32 Å². The summed E-state index contributed by atoms with van der Waals surface area (Å²) in [5, 5.41) is 5.87. The molecule has 3 nitrogen and oxygen atoms in total. The SMILES string of the molecule is CC[C@H](C)[C@H](C(=O)NCc1nccs1)c1ccccc1. The first-order valence-electron chi connectivity index (χ1n) is 6.93. The highest BCUT2D eigenvalue weighted by Crippen LogP contribution is 2.27. The van der Waals surface area contributed by atoms with Gasteiger partial charge in [0.15, 0.2) is 0 Å². The Morgan fingerprint density at radius 2 is 2.10 bits per heavy atom. The molecule has 1 amide bonds. The third-order valence-corrected chi connectivity index (χ3v) is 4.33. The van der Waals surface area contributed by atoms with Gasteiger partial charge < -0.3 is 5.32 Å². The minimum Gasteiger partial charge on any atom is -0.349 e. The van der Waals surface area contributed by atoms with Gasteiger partial charge in [-0.15, -0.1) is 11.3 Å². The third kappa shape index (κ3) is 3.67. The molecule has 1 aromatic heterocycles. The maximum Gasteiger partial charge on any atom is 0.228 e. The molecule has 0 fully saturated rings. The summed E-state index contributed by atoms with van der Waals surface area (Å²) in [6.07, 6.45) is 2.74. The molecule has 1 heterocycles. The molecule has 2 rings (SSSR count). The fourth-order valence-corrected chi connectivity index (χ4v) is 2.80. The number of rotatable bonds is 6. The second-order valence-electron chi connectivity index (χ2n) is 4.92. The van der Waals surface area contributed by atoms with E-state index in [1.165, 1.54) is 0 Å². The van der Waals surface area contributed by atoms with Crippen molar-refractivity contribution in [2.75, 3.05) is 0 Å². The number of aromatic nitrogens is 1. The molecule has 4 heteroatoms. The number of hydrogen-bond acceptors (Lipinski definition) is 3. The van der Waals surface area contributed by atoms with Gasteiger partial charge in [0.25, 0.3) is 0 Å². The molecule has 0 aliphatic heterocycles. The molecular weight excluding hydrogens is 268 g/mol. The maximum atomic E-state index is 12.5. The first-order chi connectivity index (χ1) is 9.72. The summed E-state index contributed by atoms with van der Waals surface area (Å²) in [6.45, 7) is 4.76. The van der Waals surface area contributed by atoms with E-state index in [-0.39, 0.29) is 11.8 Å². The zero-order valence-corrected chi connectivity index (χ0v) is 12.7. The number of hydrogen-bond donors (Lipinski definition) is 1. The van der Waals surface area contributed by atoms with Gasteiger partial charge in [-0.25, -0.2) is 4.98 Å². The third-order valence-electron chi connectivity index (χ3n) is 3.55. The second kappa shape index (κ2) is 7.20. The van der Waals surface area contributed by atoms with E-state index in [1.807, 2.05) is 35.7 Å². The highest BCUT2D eigenvalue weighted by molar-refractivity contribution is 7.09. The zero-order chi connectivity index (χ0) is 14.4. The second-order valence-corrected chi connectivity index (χ2v) is 5.90. The molecule has 0 bridgehead atoms. The van der Waals surface area contributed by atoms with Crippen LogP contribution in [0.3, 0.4) is 0 Å². The Balaban J connectivity index is 2.08. The summed E-state index contributed by atoms with van der Waals surface area (Å²) in [5.74, 6) is 0.301. The zero-order valence-electron chi connectivity index (χ0n) is 11.9. The van der Waals surface area contributed by atoms with Crippen molar-refractivity contribution in [1.82, 2.24) is 10.3 Å². The van der Waals surface area contributed by atoms with E-state index in [1.54, 1.807) is 17.5 Å². The predicted molar refractivity (Wildman–Crippen MR) is 82.6 cm³/mol. The smallest absolute Gasteiger partial charge is 0.228 e. The van der Waals surface area contributed by atoms with Gasteiger partial charge in [-0.1, -0.05) is 50.6 Å². The Bertz CT molecular complexity index is 525. The van der Waals surface area contributed by atoms with Crippen molar-refractivity contribution in [3.8, 4) is 0 Å². The van der Waals surface area contributed by atoms with Gasteiger partial charge in [-0.2, -0.15) is 0 Å². The van der Waals surface area contributed by atoms with Crippen LogP contribution in [0.25, 0.3) is 0 Å². The van der Waals surface area contributed by atoms with Crippen LogP contribution in [-0.2, 0) is 11.3 Å². The summed E-state index contributed by atoms with van der Waals surface area (Å²) in [4.78, 5) is 16.7. The fraction of sp³-hybridized carbons (Fsp3) is 0.375. The lowest BCUT2D eigenvalue weighted by atomic mass is 9.85. The van der Waals surface area contributed by atoms with Crippen LogP contribution in [0.1, 0.15) is 36.8 Å². The lowest BCUT2D eigenvalue weighted by molar-refractivity contribution is -0.123. The van der Waals surface area contributed by atoms with E-state index in [0.29, 0.717) is 12.5 Å². The summed E-state index contributed by atoms with van der Waals surface area (Å²) in [5.41, 5.74) is 1.08. The van der Waals surface area contributed by atoms with Gasteiger partial charge in [-0.05, 0) is 11.5 Å². The van der Waals surface area contributed by atoms with Gasteiger partial charge in [0.05, 0.1) is 12.5 Å². The van der Waals surface area contributed by atoms with Crippen LogP contribution in [0.5, 0.6) is 0 Å². The van der Waals surface area contributed by atoms with Gasteiger partial charge in [-0.3, -0.25) is 4.79 Å². The van der Waals surface area contributed by atoms with Crippen molar-refractivity contribution in [3.63, 3.8) is 0 Å². The normalized spacial score (nSPS) is 13.7. The molecule has 0 saturated carbocycles. The number of benzene rings is 1. The number of nitrogens with one attached hydrogen (secondary N) is 1. The van der Waals surface area contributed by atoms with E-state index in [2.05, 4.69) is 24.1 Å². The van der Waals surface area contributed by atoms with Crippen LogP contribution in [-0.4, -0.2) is 10.9 Å². The molecule has 2 atom stereocenters. The van der Waals surface area contributed by atoms with Crippen molar-refractivity contribution in [2.24, 2.45) is 5.92 Å². The van der Waals surface area contributed by atoms with Crippen LogP contribution in [0.2, 0.25) is 0 Å². The predicted octanol–water partition coefficient (Wildman–Crippen LogP) is 3.59. The van der Waals surface area contributed by atoms with Crippen molar-refractivity contribution < 1.29 is 4.79 Å². The highest BCUT2D eigenvalue weighted by Gasteiger charge is 2.25. The average Bonchev–Trinajstić information content (AvgIpc) is 2.99. The van der Waals surface area contributed by atoms with E-state index in [9.17, 15) is 4.79 Å². The Morgan fingerprint density at radius 1 is 1.35 bits per heavy atom. The first kappa shape index (κ1) is 14.7. The average molecular weight is 288 g/mol. The number of thiazole rings is 1. The van der Waals surface area contributed by atoms with E-state index >= 15 is 0 Å². The van der Waals surface area contributed by atoms with Gasteiger partial charge in [0.1, 0.15) is 5.01 Å². The molecule has 0 unspecified atom stereocenters. The molecular formula is C16H20N2OS. The number of amides is 1. The summed E-state index contributed by atoms with van der Waals surface area (Å²) < 4.78 is 0.